The molecule has 0 bridgehead atoms. The van der Waals surface area contributed by atoms with Crippen molar-refractivity contribution in [2.45, 2.75) is 31.3 Å². The lowest BCUT2D eigenvalue weighted by Gasteiger charge is -2.07. The third kappa shape index (κ3) is 8.08. The minimum absolute atomic E-state index is 0.0221. The molecule has 0 radical (unpaired) electrons. The van der Waals surface area contributed by atoms with Gasteiger partial charge in [-0.2, -0.15) is 0 Å². The molecule has 2 rings (SSSR count). The van der Waals surface area contributed by atoms with Gasteiger partial charge in [-0.15, -0.1) is 0 Å². The van der Waals surface area contributed by atoms with E-state index in [0.29, 0.717) is 23.9 Å². The largest absolute Gasteiger partial charge is 0.355 e. The monoisotopic (exact) mass is 388 g/mol. The summed E-state index contributed by atoms with van der Waals surface area (Å²) in [7, 11) is 0. The van der Waals surface area contributed by atoms with E-state index in [-0.39, 0.29) is 29.5 Å². The summed E-state index contributed by atoms with van der Waals surface area (Å²) in [5, 5.41) is 5.92. The molecule has 0 aliphatic rings. The van der Waals surface area contributed by atoms with Crippen LogP contribution in [0.1, 0.15) is 24.6 Å². The van der Waals surface area contributed by atoms with Crippen molar-refractivity contribution in [3.05, 3.63) is 58.0 Å². The SMILES string of the molecule is CCCNC(=O)CSc1nc(CC(=O)NCCc2ccccc2)cc(=O)[nH]1. The maximum Gasteiger partial charge on any atom is 0.251 e. The summed E-state index contributed by atoms with van der Waals surface area (Å²) in [6.45, 7) is 3.11. The maximum absolute atomic E-state index is 12.1. The molecule has 0 spiro atoms. The van der Waals surface area contributed by atoms with Crippen molar-refractivity contribution in [3.8, 4) is 0 Å². The normalized spacial score (nSPS) is 10.4. The van der Waals surface area contributed by atoms with E-state index in [0.717, 1.165) is 30.2 Å². The minimum Gasteiger partial charge on any atom is -0.355 e. The molecule has 2 aromatic rings. The van der Waals surface area contributed by atoms with Crippen LogP contribution in [0.5, 0.6) is 0 Å². The van der Waals surface area contributed by atoms with Crippen molar-refractivity contribution in [2.75, 3.05) is 18.8 Å². The van der Waals surface area contributed by atoms with Gasteiger partial charge in [-0.1, -0.05) is 49.0 Å². The zero-order valence-electron chi connectivity index (χ0n) is 15.3. The first-order valence-electron chi connectivity index (χ1n) is 8.87. The summed E-state index contributed by atoms with van der Waals surface area (Å²) in [5.41, 5.74) is 1.19. The predicted molar refractivity (Wildman–Crippen MR) is 106 cm³/mol. The Morgan fingerprint density at radius 1 is 1.11 bits per heavy atom. The second-order valence-corrected chi connectivity index (χ2v) is 6.91. The molecule has 0 saturated heterocycles. The Kier molecular flexibility index (Phi) is 8.57. The van der Waals surface area contributed by atoms with Gasteiger partial charge in [-0.05, 0) is 18.4 Å². The first-order valence-corrected chi connectivity index (χ1v) is 9.85. The molecule has 7 nitrogen and oxygen atoms in total. The van der Waals surface area contributed by atoms with Gasteiger partial charge in [0.25, 0.3) is 5.56 Å². The number of nitrogens with zero attached hydrogens (tertiary/aromatic N) is 1. The number of hydrogen-bond donors (Lipinski definition) is 3. The van der Waals surface area contributed by atoms with Crippen molar-refractivity contribution in [3.63, 3.8) is 0 Å². The standard InChI is InChI=1S/C19H24N4O3S/c1-2-9-20-18(26)13-27-19-22-15(12-17(25)23-19)11-16(24)21-10-8-14-6-4-3-5-7-14/h3-7,12H,2,8-11,13H2,1H3,(H,20,26)(H,21,24)(H,22,23,25). The highest BCUT2D eigenvalue weighted by Crippen LogP contribution is 2.11. The Morgan fingerprint density at radius 3 is 2.59 bits per heavy atom. The lowest BCUT2D eigenvalue weighted by Crippen LogP contribution is -2.28. The van der Waals surface area contributed by atoms with Crippen LogP contribution in [0.15, 0.2) is 46.3 Å². The third-order valence-corrected chi connectivity index (χ3v) is 4.48. The molecular weight excluding hydrogens is 364 g/mol. The summed E-state index contributed by atoms with van der Waals surface area (Å²) in [4.78, 5) is 42.3. The number of hydrogen-bond acceptors (Lipinski definition) is 5. The fourth-order valence-corrected chi connectivity index (χ4v) is 3.03. The number of amides is 2. The van der Waals surface area contributed by atoms with Crippen LogP contribution in [0.4, 0.5) is 0 Å². The van der Waals surface area contributed by atoms with Crippen molar-refractivity contribution in [1.29, 1.82) is 0 Å². The number of H-pyrrole nitrogens is 1. The Labute approximate surface area is 162 Å². The van der Waals surface area contributed by atoms with E-state index in [1.807, 2.05) is 37.3 Å². The Bertz CT molecular complexity index is 808. The van der Waals surface area contributed by atoms with Gasteiger partial charge < -0.3 is 15.6 Å². The second-order valence-electron chi connectivity index (χ2n) is 5.94. The van der Waals surface area contributed by atoms with E-state index in [4.69, 9.17) is 0 Å². The van der Waals surface area contributed by atoms with Crippen LogP contribution >= 0.6 is 11.8 Å². The Hall–Kier alpha value is -2.61. The van der Waals surface area contributed by atoms with E-state index in [1.54, 1.807) is 0 Å². The molecule has 0 saturated carbocycles. The first-order chi connectivity index (χ1) is 13.1. The summed E-state index contributed by atoms with van der Waals surface area (Å²) in [6, 6.07) is 11.2. The molecular formula is C19H24N4O3S. The molecule has 0 fully saturated rings. The van der Waals surface area contributed by atoms with Crippen LogP contribution < -0.4 is 16.2 Å². The average molecular weight is 388 g/mol. The highest BCUT2D eigenvalue weighted by molar-refractivity contribution is 7.99. The molecule has 0 atom stereocenters. The summed E-state index contributed by atoms with van der Waals surface area (Å²) in [6.07, 6.45) is 1.62. The highest BCUT2D eigenvalue weighted by atomic mass is 32.2. The molecule has 0 aliphatic heterocycles. The first kappa shape index (κ1) is 20.7. The lowest BCUT2D eigenvalue weighted by atomic mass is 10.1. The number of carbonyl (C=O) groups is 2. The van der Waals surface area contributed by atoms with Gasteiger partial charge in [0.05, 0.1) is 17.9 Å². The molecule has 27 heavy (non-hydrogen) atoms. The van der Waals surface area contributed by atoms with Crippen LogP contribution in [0, 0.1) is 0 Å². The number of aromatic amines is 1. The minimum atomic E-state index is -0.339. The molecule has 2 amide bonds. The van der Waals surface area contributed by atoms with Gasteiger partial charge >= 0.3 is 0 Å². The molecule has 1 aromatic heterocycles. The molecule has 0 unspecified atom stereocenters. The zero-order chi connectivity index (χ0) is 19.5. The zero-order valence-corrected chi connectivity index (χ0v) is 16.1. The topological polar surface area (TPSA) is 104 Å². The fraction of sp³-hybridized carbons (Fsp3) is 0.368. The van der Waals surface area contributed by atoms with Crippen LogP contribution in [-0.4, -0.2) is 40.6 Å². The van der Waals surface area contributed by atoms with Gasteiger partial charge in [0.2, 0.25) is 11.8 Å². The molecule has 3 N–H and O–H groups in total. The number of carbonyl (C=O) groups excluding carboxylic acids is 2. The van der Waals surface area contributed by atoms with Crippen LogP contribution in [0.2, 0.25) is 0 Å². The molecule has 1 heterocycles. The van der Waals surface area contributed by atoms with Crippen LogP contribution in [-0.2, 0) is 22.4 Å². The molecule has 144 valence electrons. The number of rotatable bonds is 10. The number of benzene rings is 1. The summed E-state index contributed by atoms with van der Waals surface area (Å²) in [5.74, 6) is -0.149. The second kappa shape index (κ2) is 11.2. The van der Waals surface area contributed by atoms with E-state index >= 15 is 0 Å². The van der Waals surface area contributed by atoms with E-state index in [2.05, 4.69) is 20.6 Å². The molecule has 8 heteroatoms. The number of nitrogens with one attached hydrogen (secondary N) is 3. The van der Waals surface area contributed by atoms with E-state index in [9.17, 15) is 14.4 Å². The lowest BCUT2D eigenvalue weighted by molar-refractivity contribution is -0.120. The van der Waals surface area contributed by atoms with Crippen LogP contribution in [0.3, 0.4) is 0 Å². The number of thioether (sulfide) groups is 1. The molecule has 0 aliphatic carbocycles. The third-order valence-electron chi connectivity index (χ3n) is 3.61. The van der Waals surface area contributed by atoms with Gasteiger partial charge in [0.15, 0.2) is 5.16 Å². The fourth-order valence-electron chi connectivity index (χ4n) is 2.31. The van der Waals surface area contributed by atoms with Gasteiger partial charge in [-0.25, -0.2) is 4.98 Å². The Balaban J connectivity index is 1.82. The Morgan fingerprint density at radius 2 is 1.85 bits per heavy atom. The van der Waals surface area contributed by atoms with Gasteiger partial charge in [0.1, 0.15) is 0 Å². The maximum atomic E-state index is 12.1. The molecule has 1 aromatic carbocycles. The predicted octanol–water partition coefficient (Wildman–Crippen LogP) is 1.29. The quantitative estimate of drug-likeness (QED) is 0.420. The van der Waals surface area contributed by atoms with Crippen molar-refractivity contribution in [2.24, 2.45) is 0 Å². The van der Waals surface area contributed by atoms with Crippen molar-refractivity contribution >= 4 is 23.6 Å². The van der Waals surface area contributed by atoms with E-state index in [1.165, 1.54) is 6.07 Å². The van der Waals surface area contributed by atoms with Crippen molar-refractivity contribution in [1.82, 2.24) is 20.6 Å². The summed E-state index contributed by atoms with van der Waals surface area (Å²) >= 11 is 1.14. The number of aromatic nitrogens is 2. The highest BCUT2D eigenvalue weighted by Gasteiger charge is 2.09. The van der Waals surface area contributed by atoms with Crippen LogP contribution in [0.25, 0.3) is 0 Å². The van der Waals surface area contributed by atoms with Gasteiger partial charge in [0, 0.05) is 19.2 Å². The summed E-state index contributed by atoms with van der Waals surface area (Å²) < 4.78 is 0. The van der Waals surface area contributed by atoms with E-state index < -0.39 is 0 Å². The van der Waals surface area contributed by atoms with Crippen molar-refractivity contribution < 1.29 is 9.59 Å². The average Bonchev–Trinajstić information content (AvgIpc) is 2.65. The van der Waals surface area contributed by atoms with Gasteiger partial charge in [-0.3, -0.25) is 14.4 Å². The smallest absolute Gasteiger partial charge is 0.251 e.